The smallest absolute Gasteiger partial charge is 0.411 e. The minimum Gasteiger partial charge on any atom is -0.444 e. The number of carbonyl (C=O) groups excluding carboxylic acids is 2. The molecule has 2 heterocycles. The number of carbonyl (C=O) groups is 2. The Labute approximate surface area is 177 Å². The van der Waals surface area contributed by atoms with Crippen molar-refractivity contribution in [3.63, 3.8) is 0 Å². The van der Waals surface area contributed by atoms with E-state index in [9.17, 15) is 9.59 Å². The average Bonchev–Trinajstić information content (AvgIpc) is 3.44. The molecular weight excluding hydrogens is 384 g/mol. The molecule has 164 valence electrons. The molecule has 2 amide bonds. The Hall–Kier alpha value is -2.61. The molecule has 1 aliphatic carbocycles. The lowest BCUT2D eigenvalue weighted by molar-refractivity contribution is -0.123. The number of ether oxygens (including phenoxy) is 1. The summed E-state index contributed by atoms with van der Waals surface area (Å²) >= 11 is 0. The van der Waals surface area contributed by atoms with Crippen LogP contribution in [0.4, 0.5) is 4.79 Å². The summed E-state index contributed by atoms with van der Waals surface area (Å²) in [6, 6.07) is 3.99. The highest BCUT2D eigenvalue weighted by Gasteiger charge is 2.39. The quantitative estimate of drug-likeness (QED) is 0.645. The van der Waals surface area contributed by atoms with E-state index in [-0.39, 0.29) is 24.1 Å². The lowest BCUT2D eigenvalue weighted by Gasteiger charge is -2.31. The van der Waals surface area contributed by atoms with Gasteiger partial charge in [0.2, 0.25) is 5.91 Å². The summed E-state index contributed by atoms with van der Waals surface area (Å²) in [6.45, 7) is 8.32. The number of aliphatic hydroxyl groups is 1. The maximum absolute atomic E-state index is 12.9. The van der Waals surface area contributed by atoms with E-state index in [0.717, 1.165) is 29.4 Å². The molecule has 0 radical (unpaired) electrons. The standard InChI is InChI=1S/C22H32N4O4/c1-15(26(16-8-9-16)21(29)30-22(2,3)4)18-13-25(12-6-11-23-19(28)14-27)20-17(18)7-5-10-24-20/h5,7,10,13,15-16,27H,6,8-9,11-12,14H2,1-4H3,(H,23,28). The molecular formula is C22H32N4O4. The topological polar surface area (TPSA) is 96.7 Å². The number of pyridine rings is 1. The molecule has 0 bridgehead atoms. The second-order valence-corrected chi connectivity index (χ2v) is 8.81. The maximum atomic E-state index is 12.9. The first-order valence-corrected chi connectivity index (χ1v) is 10.5. The van der Waals surface area contributed by atoms with Gasteiger partial charge in [-0.2, -0.15) is 0 Å². The Bertz CT molecular complexity index is 898. The van der Waals surface area contributed by atoms with Gasteiger partial charge in [-0.25, -0.2) is 9.78 Å². The minimum atomic E-state index is -0.543. The van der Waals surface area contributed by atoms with E-state index in [4.69, 9.17) is 9.84 Å². The number of aliphatic hydroxyl groups excluding tert-OH is 1. The maximum Gasteiger partial charge on any atom is 0.411 e. The summed E-state index contributed by atoms with van der Waals surface area (Å²) < 4.78 is 7.74. The molecule has 2 aromatic heterocycles. The summed E-state index contributed by atoms with van der Waals surface area (Å²) in [5.74, 6) is -0.378. The molecule has 0 aliphatic heterocycles. The first-order chi connectivity index (χ1) is 14.2. The fraction of sp³-hybridized carbons (Fsp3) is 0.591. The van der Waals surface area contributed by atoms with Gasteiger partial charge in [-0.3, -0.25) is 9.69 Å². The first-order valence-electron chi connectivity index (χ1n) is 10.5. The average molecular weight is 417 g/mol. The van der Waals surface area contributed by atoms with E-state index in [1.807, 2.05) is 44.7 Å². The van der Waals surface area contributed by atoms with Crippen molar-refractivity contribution in [2.24, 2.45) is 0 Å². The Morgan fingerprint density at radius 2 is 2.13 bits per heavy atom. The Kier molecular flexibility index (Phi) is 6.65. The predicted molar refractivity (Wildman–Crippen MR) is 114 cm³/mol. The molecule has 8 nitrogen and oxygen atoms in total. The van der Waals surface area contributed by atoms with Crippen LogP contribution in [0.2, 0.25) is 0 Å². The number of rotatable bonds is 8. The van der Waals surface area contributed by atoms with Gasteiger partial charge in [0.05, 0.1) is 6.04 Å². The van der Waals surface area contributed by atoms with Crippen molar-refractivity contribution in [2.45, 2.75) is 71.2 Å². The number of nitrogens with zero attached hydrogens (tertiary/aromatic N) is 3. The highest BCUT2D eigenvalue weighted by Crippen LogP contribution is 2.38. The van der Waals surface area contributed by atoms with Gasteiger partial charge in [-0.05, 0) is 59.1 Å². The summed E-state index contributed by atoms with van der Waals surface area (Å²) in [7, 11) is 0. The lowest BCUT2D eigenvalue weighted by Crippen LogP contribution is -2.39. The summed E-state index contributed by atoms with van der Waals surface area (Å²) in [6.07, 6.45) is 6.21. The van der Waals surface area contributed by atoms with Crippen LogP contribution in [0.5, 0.6) is 0 Å². The van der Waals surface area contributed by atoms with Crippen molar-refractivity contribution < 1.29 is 19.4 Å². The van der Waals surface area contributed by atoms with Gasteiger partial charge >= 0.3 is 6.09 Å². The number of hydrogen-bond donors (Lipinski definition) is 2. The van der Waals surface area contributed by atoms with E-state index in [1.165, 1.54) is 0 Å². The van der Waals surface area contributed by atoms with Crippen LogP contribution in [-0.2, 0) is 16.1 Å². The van der Waals surface area contributed by atoms with Crippen molar-refractivity contribution >= 4 is 23.0 Å². The third-order valence-electron chi connectivity index (χ3n) is 5.12. The minimum absolute atomic E-state index is 0.144. The van der Waals surface area contributed by atoms with Crippen molar-refractivity contribution in [3.8, 4) is 0 Å². The number of aryl methyl sites for hydroxylation is 1. The summed E-state index contributed by atoms with van der Waals surface area (Å²) in [4.78, 5) is 30.5. The molecule has 8 heteroatoms. The van der Waals surface area contributed by atoms with Crippen LogP contribution >= 0.6 is 0 Å². The van der Waals surface area contributed by atoms with Gasteiger partial charge in [0.1, 0.15) is 17.9 Å². The third-order valence-corrected chi connectivity index (χ3v) is 5.12. The summed E-state index contributed by atoms with van der Waals surface area (Å²) in [5.41, 5.74) is 1.35. The molecule has 2 aromatic rings. The molecule has 0 spiro atoms. The zero-order valence-electron chi connectivity index (χ0n) is 18.2. The van der Waals surface area contributed by atoms with Crippen molar-refractivity contribution in [2.75, 3.05) is 13.2 Å². The second kappa shape index (κ2) is 9.04. The van der Waals surface area contributed by atoms with Crippen molar-refractivity contribution in [1.82, 2.24) is 19.8 Å². The highest BCUT2D eigenvalue weighted by molar-refractivity contribution is 5.82. The number of hydrogen-bond acceptors (Lipinski definition) is 5. The number of aromatic nitrogens is 2. The third kappa shape index (κ3) is 5.30. The SMILES string of the molecule is CC(c1cn(CCCNC(=O)CO)c2ncccc12)N(C(=O)OC(C)(C)C)C1CC1. The van der Waals surface area contributed by atoms with Crippen LogP contribution in [0.25, 0.3) is 11.0 Å². The van der Waals surface area contributed by atoms with Crippen LogP contribution in [0.3, 0.4) is 0 Å². The first kappa shape index (κ1) is 22.1. The molecule has 1 saturated carbocycles. The van der Waals surface area contributed by atoms with Crippen molar-refractivity contribution in [3.05, 3.63) is 30.1 Å². The monoisotopic (exact) mass is 416 g/mol. The zero-order chi connectivity index (χ0) is 21.9. The second-order valence-electron chi connectivity index (χ2n) is 8.81. The Balaban J connectivity index is 1.82. The van der Waals surface area contributed by atoms with Crippen LogP contribution < -0.4 is 5.32 Å². The van der Waals surface area contributed by atoms with Crippen LogP contribution in [0.1, 0.15) is 58.6 Å². The fourth-order valence-corrected chi connectivity index (χ4v) is 3.63. The summed E-state index contributed by atoms with van der Waals surface area (Å²) in [5, 5.41) is 12.5. The van der Waals surface area contributed by atoms with Gasteiger partial charge in [0, 0.05) is 42.5 Å². The molecule has 1 fully saturated rings. The van der Waals surface area contributed by atoms with E-state index in [0.29, 0.717) is 19.5 Å². The van der Waals surface area contributed by atoms with Crippen LogP contribution in [-0.4, -0.2) is 56.4 Å². The normalized spacial score (nSPS) is 15.1. The van der Waals surface area contributed by atoms with Gasteiger partial charge in [0.15, 0.2) is 0 Å². The van der Waals surface area contributed by atoms with E-state index < -0.39 is 12.2 Å². The predicted octanol–water partition coefficient (Wildman–Crippen LogP) is 3.00. The molecule has 2 N–H and O–H groups in total. The van der Waals surface area contributed by atoms with E-state index in [1.54, 1.807) is 6.20 Å². The Morgan fingerprint density at radius 1 is 1.40 bits per heavy atom. The van der Waals surface area contributed by atoms with E-state index in [2.05, 4.69) is 21.1 Å². The number of nitrogens with one attached hydrogen (secondary N) is 1. The molecule has 1 atom stereocenters. The lowest BCUT2D eigenvalue weighted by atomic mass is 10.1. The number of amides is 2. The van der Waals surface area contributed by atoms with Crippen LogP contribution in [0, 0.1) is 0 Å². The molecule has 3 rings (SSSR count). The fourth-order valence-electron chi connectivity index (χ4n) is 3.63. The van der Waals surface area contributed by atoms with E-state index >= 15 is 0 Å². The molecule has 0 saturated heterocycles. The van der Waals surface area contributed by atoms with Gasteiger partial charge in [-0.15, -0.1) is 0 Å². The Morgan fingerprint density at radius 3 is 2.77 bits per heavy atom. The number of fused-ring (bicyclic) bond motifs is 1. The largest absolute Gasteiger partial charge is 0.444 e. The highest BCUT2D eigenvalue weighted by atomic mass is 16.6. The van der Waals surface area contributed by atoms with Gasteiger partial charge < -0.3 is 19.7 Å². The molecule has 1 unspecified atom stereocenters. The van der Waals surface area contributed by atoms with Crippen LogP contribution in [0.15, 0.2) is 24.5 Å². The molecule has 30 heavy (non-hydrogen) atoms. The van der Waals surface area contributed by atoms with Gasteiger partial charge in [0.25, 0.3) is 0 Å². The van der Waals surface area contributed by atoms with Gasteiger partial charge in [-0.1, -0.05) is 0 Å². The van der Waals surface area contributed by atoms with Crippen molar-refractivity contribution in [1.29, 1.82) is 0 Å². The molecule has 0 aromatic carbocycles. The molecule has 1 aliphatic rings. The zero-order valence-corrected chi connectivity index (χ0v) is 18.2.